The number of carbonyl (C=O) groups is 12. The minimum Gasteiger partial charge on any atom is -0.464 e. The van der Waals surface area contributed by atoms with Gasteiger partial charge in [-0.3, -0.25) is 61.9 Å². The number of esters is 1. The smallest absolute Gasteiger partial charge is 0.464 e. The van der Waals surface area contributed by atoms with Gasteiger partial charge in [-0.15, -0.1) is 0 Å². The van der Waals surface area contributed by atoms with Crippen LogP contribution >= 0.6 is 7.82 Å². The van der Waals surface area contributed by atoms with Crippen molar-refractivity contribution in [2.45, 2.75) is 219 Å². The van der Waals surface area contributed by atoms with Gasteiger partial charge < -0.3 is 101 Å². The van der Waals surface area contributed by atoms with Crippen LogP contribution in [-0.4, -0.2) is 265 Å². The van der Waals surface area contributed by atoms with E-state index >= 15 is 0 Å². The van der Waals surface area contributed by atoms with E-state index in [1.165, 1.54) is 38.5 Å². The molecule has 3 aliphatic rings. The van der Waals surface area contributed by atoms with Crippen LogP contribution in [0.5, 0.6) is 0 Å². The van der Waals surface area contributed by atoms with Crippen molar-refractivity contribution in [2.24, 2.45) is 35.3 Å². The molecule has 12 amide bonds. The fourth-order valence-corrected chi connectivity index (χ4v) is 16.9. The number of nitrogens with one attached hydrogen (secondary N) is 8. The first kappa shape index (κ1) is 107. The van der Waals surface area contributed by atoms with E-state index in [2.05, 4.69) is 54.4 Å². The van der Waals surface area contributed by atoms with Crippen LogP contribution in [0.4, 0.5) is 16.2 Å². The maximum Gasteiger partial charge on any atom is 0.473 e. The molecule has 2 fully saturated rings. The lowest BCUT2D eigenvalue weighted by atomic mass is 9.89. The van der Waals surface area contributed by atoms with Crippen LogP contribution in [0, 0.1) is 41.4 Å². The summed E-state index contributed by atoms with van der Waals surface area (Å²) < 4.78 is 65.3. The first-order chi connectivity index (χ1) is 62.0. The molecule has 3 aliphatic heterocycles. The Morgan fingerprint density at radius 1 is 0.631 bits per heavy atom. The number of carbonyl (C=O) groups excluding carboxylic acids is 12. The number of amides is 12. The molecule has 7 rings (SSSR count). The summed E-state index contributed by atoms with van der Waals surface area (Å²) in [7, 11) is 3.29. The van der Waals surface area contributed by atoms with E-state index in [0.29, 0.717) is 43.5 Å². The number of urea groups is 1. The van der Waals surface area contributed by atoms with E-state index in [4.69, 9.17) is 47.9 Å². The number of methoxy groups -OCH3 is 2. The number of ether oxygens (including phenoxy) is 7. The number of likely N-dealkylation sites (tertiary alicyclic amines) is 1. The third-order valence-electron chi connectivity index (χ3n) is 23.1. The number of hydrogen-bond donors (Lipinski definition) is 10. The second-order valence-electron chi connectivity index (χ2n) is 34.1. The summed E-state index contributed by atoms with van der Waals surface area (Å²) >= 11 is 0. The third kappa shape index (κ3) is 33.2. The predicted octanol–water partition coefficient (Wildman–Crippen LogP) is 6.33. The Bertz CT molecular complexity index is 4490. The molecule has 2 saturated heterocycles. The highest BCUT2D eigenvalue weighted by atomic mass is 31.2. The molecule has 0 spiro atoms. The lowest BCUT2D eigenvalue weighted by molar-refractivity contribution is -0.148. The van der Waals surface area contributed by atoms with Gasteiger partial charge in [0.05, 0.1) is 140 Å². The summed E-state index contributed by atoms with van der Waals surface area (Å²) in [5.74, 6) is -1.72. The van der Waals surface area contributed by atoms with Crippen LogP contribution < -0.4 is 53.2 Å². The summed E-state index contributed by atoms with van der Waals surface area (Å²) in [5.41, 5.74) is 9.62. The number of primary amides is 1. The van der Waals surface area contributed by atoms with Crippen molar-refractivity contribution >= 4 is 90.3 Å². The Balaban J connectivity index is 0.894. The van der Waals surface area contributed by atoms with Crippen molar-refractivity contribution < 1.29 is 109 Å². The van der Waals surface area contributed by atoms with Crippen LogP contribution in [0.25, 0.3) is 0 Å². The number of hydrogen-bond acceptors (Lipinski definition) is 23. The van der Waals surface area contributed by atoms with E-state index in [0.717, 1.165) is 22.4 Å². The Labute approximate surface area is 763 Å². The number of fused-ring (bicyclic) bond motifs is 2. The normalized spacial score (nSPS) is 17.5. The number of benzene rings is 4. The van der Waals surface area contributed by atoms with E-state index in [1.54, 1.807) is 79.8 Å². The number of anilines is 2. The molecule has 3 heterocycles. The lowest BCUT2D eigenvalue weighted by Crippen LogP contribution is -2.59. The fourth-order valence-electron chi connectivity index (χ4n) is 16.0. The molecule has 4 aromatic carbocycles. The molecule has 11 N–H and O–H groups in total. The van der Waals surface area contributed by atoms with Gasteiger partial charge in [0.2, 0.25) is 59.1 Å². The number of likely N-dealkylation sites (N-methyl/N-ethyl adjacent to an activating group) is 2. The summed E-state index contributed by atoms with van der Waals surface area (Å²) in [6.45, 7) is 19.7. The highest BCUT2D eigenvalue weighted by Crippen LogP contribution is 2.50. The summed E-state index contributed by atoms with van der Waals surface area (Å²) in [5, 5.41) is 21.6. The number of para-hydroxylation sites is 1. The topological polar surface area (TPSA) is 460 Å². The Kier molecular flexibility index (Phi) is 44.2. The van der Waals surface area contributed by atoms with Gasteiger partial charge in [-0.05, 0) is 117 Å². The molecule has 0 radical (unpaired) electrons. The molecule has 716 valence electrons. The number of phosphoric acid groups is 1. The maximum absolute atomic E-state index is 14.7. The molecule has 36 nitrogen and oxygen atoms in total. The van der Waals surface area contributed by atoms with Crippen molar-refractivity contribution in [1.29, 1.82) is 0 Å². The van der Waals surface area contributed by atoms with Gasteiger partial charge in [-0.1, -0.05) is 153 Å². The van der Waals surface area contributed by atoms with Crippen LogP contribution in [0.1, 0.15) is 167 Å². The second-order valence-corrected chi connectivity index (χ2v) is 35.5. The molecular weight excluding hydrogens is 1700 g/mol. The van der Waals surface area contributed by atoms with Crippen LogP contribution in [0.3, 0.4) is 0 Å². The molecule has 0 aliphatic carbocycles. The summed E-state index contributed by atoms with van der Waals surface area (Å²) in [4.78, 5) is 183. The Morgan fingerprint density at radius 2 is 1.24 bits per heavy atom. The zero-order valence-electron chi connectivity index (χ0n) is 77.6. The zero-order chi connectivity index (χ0) is 95.3. The van der Waals surface area contributed by atoms with Gasteiger partial charge in [0.15, 0.2) is 0 Å². The zero-order valence-corrected chi connectivity index (χ0v) is 78.5. The average Bonchev–Trinajstić information content (AvgIpc) is 1.04. The van der Waals surface area contributed by atoms with Crippen LogP contribution in [-0.2, 0) is 113 Å². The molecule has 0 bridgehead atoms. The maximum atomic E-state index is 14.7. The van der Waals surface area contributed by atoms with Crippen molar-refractivity contribution in [3.8, 4) is 11.8 Å². The lowest BCUT2D eigenvalue weighted by Gasteiger charge is -2.41. The van der Waals surface area contributed by atoms with Gasteiger partial charge in [-0.25, -0.2) is 14.2 Å². The number of nitrogens with zero attached hydrogens (tertiary/aromatic N) is 4. The SMILES string of the molecule is CC[C@H](C)[C@@H]([C@@H](CC(=O)N1CCC[C@H]1[C@H](OC)[C@@H](C)C(=O)N[C@H](C)[C@@H](OP(=O)(O)OCc1ccc(NC(=O)[C@H](CCCNC(N)=O)NC(=O)[C@@H](NC(=O)[C@H](CC(=O)N[C@H]2CCOC2=O)NC(=O)CCOCCOCCOCCOCCC(=O)N2Cc3ccccc3C#Cc3ccccc32)C(C)C)cc1)c1ccccc1)OC)N(C)C(=O)[C@@H](NC(=O)[C@H](C(C)C)N(C)C)C(C)C. The molecule has 15 atom stereocenters. The second kappa shape index (κ2) is 53.9. The largest absolute Gasteiger partial charge is 0.473 e. The average molecular weight is 1840 g/mol. The van der Waals surface area contributed by atoms with Gasteiger partial charge >= 0.3 is 19.8 Å². The van der Waals surface area contributed by atoms with E-state index in [9.17, 15) is 67.0 Å². The first-order valence-corrected chi connectivity index (χ1v) is 46.2. The highest BCUT2D eigenvalue weighted by molar-refractivity contribution is 7.47. The van der Waals surface area contributed by atoms with Crippen LogP contribution in [0.15, 0.2) is 103 Å². The number of rotatable bonds is 55. The predicted molar refractivity (Wildman–Crippen MR) is 485 cm³/mol. The minimum atomic E-state index is -5.00. The van der Waals surface area contributed by atoms with Crippen LogP contribution in [0.2, 0.25) is 0 Å². The number of phosphoric ester groups is 1. The van der Waals surface area contributed by atoms with Gasteiger partial charge in [0, 0.05) is 64.0 Å². The number of cyclic esters (lactones) is 1. The number of nitrogens with two attached hydrogens (primary N) is 1. The standard InChI is InChI=1S/C93H136N13O23P/c1-16-61(8)83(104(13)91(116)81(59(4)5)102-90(115)82(60(6)7)103(11)12)75(121-14)55-79(110)105-44-25-33-74(105)84(122-15)62(9)86(111)96-63(10)85(67-28-18-17-19-29-67)129-130(119,120)128-57-64-34-38-69(39-35-64)97-87(112)70(31-24-43-95-93(94)118)100-89(114)80(58(2)3)101-88(113)72(54-77(108)98-71-40-47-127-92(71)117)99-76(107)41-45-123-48-50-125-52-53-126-51-49-124-46-42-78(109)106-56-68-30-21-20-26-65(68)36-37-66-27-22-23-32-73(66)106/h17-23,26-30,32,34-35,38-39,58-63,70-72,74-75,80-85H,16,24-25,31,33,40-57H2,1-15H3,(H,96,111)(H,97,112)(H,98,108)(H,99,107)(H,100,114)(H,101,113)(H,102,115)(H,119,120)(H3,94,95,118)/t61-,62+,63+,70-,71-,72-,74-,75+,80-,81-,82-,83-,84+,85+/m0/s1. The molecule has 1 unspecified atom stereocenters. The first-order valence-electron chi connectivity index (χ1n) is 44.7. The highest BCUT2D eigenvalue weighted by Gasteiger charge is 2.45. The van der Waals surface area contributed by atoms with E-state index in [1.807, 2.05) is 109 Å². The molecule has 130 heavy (non-hydrogen) atoms. The third-order valence-corrected chi connectivity index (χ3v) is 24.1. The molecule has 0 aromatic heterocycles. The van der Waals surface area contributed by atoms with E-state index < -0.39 is 153 Å². The van der Waals surface area contributed by atoms with Crippen molar-refractivity contribution in [3.05, 3.63) is 131 Å². The van der Waals surface area contributed by atoms with Gasteiger partial charge in [0.1, 0.15) is 36.3 Å². The van der Waals surface area contributed by atoms with Gasteiger partial charge in [-0.2, -0.15) is 0 Å². The van der Waals surface area contributed by atoms with Crippen molar-refractivity contribution in [1.82, 2.24) is 51.9 Å². The van der Waals surface area contributed by atoms with Gasteiger partial charge in [0.25, 0.3) is 0 Å². The Hall–Kier alpha value is -10.3. The minimum absolute atomic E-state index is 0.00189. The Morgan fingerprint density at radius 3 is 1.84 bits per heavy atom. The van der Waals surface area contributed by atoms with Crippen molar-refractivity contribution in [3.63, 3.8) is 0 Å². The molecule has 37 heteroatoms. The fraction of sp³-hybridized carbons (Fsp3) is 0.591. The summed E-state index contributed by atoms with van der Waals surface area (Å²) in [6, 6.07) is 20.1. The monoisotopic (exact) mass is 1830 g/mol. The van der Waals surface area contributed by atoms with Crippen molar-refractivity contribution in [2.75, 3.05) is 118 Å². The quantitative estimate of drug-likeness (QED) is 0.00999. The molecule has 4 aromatic rings. The molecule has 0 saturated carbocycles. The summed E-state index contributed by atoms with van der Waals surface area (Å²) in [6.07, 6.45) is -1.76. The van der Waals surface area contributed by atoms with E-state index in [-0.39, 0.29) is 152 Å². The molecular formula is C93H136N13O23P.